The first-order valence-corrected chi connectivity index (χ1v) is 15.3. The first kappa shape index (κ1) is 33.2. The molecule has 0 heterocycles. The van der Waals surface area contributed by atoms with E-state index in [1.54, 1.807) is 27.7 Å². The van der Waals surface area contributed by atoms with Crippen LogP contribution in [0.5, 0.6) is 0 Å². The van der Waals surface area contributed by atoms with Gasteiger partial charge in [0.1, 0.15) is 0 Å². The zero-order valence-corrected chi connectivity index (χ0v) is 24.5. The molecule has 0 aliphatic heterocycles. The van der Waals surface area contributed by atoms with E-state index in [1.807, 2.05) is 54.6 Å². The summed E-state index contributed by atoms with van der Waals surface area (Å²) in [6, 6.07) is 16.7. The standard InChI is InChI=1S/C29H41N2O8P/c1-5-26(32)38-29(21(3)4)39-40(35,36)20-31-25(28(34)30-18-10-13-27(33)37-6-2)19-22-14-16-24(17-15-22)23-11-8-7-9-12-23/h7-9,11-12,14-17,21,25,29,31H,5-6,10,13,18-20H2,1-4H3,(H,30,34)(H,35,36). The summed E-state index contributed by atoms with van der Waals surface area (Å²) < 4.78 is 28.2. The minimum absolute atomic E-state index is 0.0992. The Morgan fingerprint density at radius 1 is 0.950 bits per heavy atom. The summed E-state index contributed by atoms with van der Waals surface area (Å²) in [5.74, 6) is -1.65. The van der Waals surface area contributed by atoms with E-state index < -0.39 is 38.1 Å². The lowest BCUT2D eigenvalue weighted by atomic mass is 10.0. The Kier molecular flexibility index (Phi) is 14.0. The zero-order chi connectivity index (χ0) is 29.5. The minimum Gasteiger partial charge on any atom is -0.466 e. The second kappa shape index (κ2) is 16.9. The fraction of sp³-hybridized carbons (Fsp3) is 0.483. The molecule has 0 saturated heterocycles. The Morgan fingerprint density at radius 2 is 1.60 bits per heavy atom. The molecule has 1 amide bonds. The molecule has 2 aromatic rings. The SMILES string of the molecule is CCOC(=O)CCCNC(=O)C(Cc1ccc(-c2ccccc2)cc1)NCP(=O)(O)OC(OC(=O)CC)C(C)C. The molecule has 0 fully saturated rings. The van der Waals surface area contributed by atoms with Crippen LogP contribution in [0.2, 0.25) is 0 Å². The average molecular weight is 577 g/mol. The van der Waals surface area contributed by atoms with Gasteiger partial charge in [-0.15, -0.1) is 0 Å². The molecule has 3 atom stereocenters. The lowest BCUT2D eigenvalue weighted by molar-refractivity contribution is -0.170. The molecule has 3 unspecified atom stereocenters. The van der Waals surface area contributed by atoms with Gasteiger partial charge in [0.15, 0.2) is 0 Å². The number of carbonyl (C=O) groups excluding carboxylic acids is 3. The number of esters is 2. The summed E-state index contributed by atoms with van der Waals surface area (Å²) in [6.45, 7) is 7.27. The largest absolute Gasteiger partial charge is 0.466 e. The van der Waals surface area contributed by atoms with E-state index in [2.05, 4.69) is 10.6 Å². The van der Waals surface area contributed by atoms with Crippen molar-refractivity contribution in [3.63, 3.8) is 0 Å². The van der Waals surface area contributed by atoms with E-state index in [9.17, 15) is 23.8 Å². The molecule has 2 aromatic carbocycles. The number of hydrogen-bond acceptors (Lipinski definition) is 8. The highest BCUT2D eigenvalue weighted by Crippen LogP contribution is 2.43. The first-order chi connectivity index (χ1) is 19.0. The number of carbonyl (C=O) groups is 3. The maximum atomic E-state index is 13.1. The molecule has 0 aromatic heterocycles. The third kappa shape index (κ3) is 12.0. The number of rotatable bonds is 17. The second-order valence-corrected chi connectivity index (χ2v) is 11.4. The van der Waals surface area contributed by atoms with Gasteiger partial charge in [0.25, 0.3) is 0 Å². The highest BCUT2D eigenvalue weighted by atomic mass is 31.2. The van der Waals surface area contributed by atoms with Crippen LogP contribution in [0, 0.1) is 5.92 Å². The van der Waals surface area contributed by atoms with E-state index in [1.165, 1.54) is 0 Å². The van der Waals surface area contributed by atoms with Crippen molar-refractivity contribution in [2.45, 2.75) is 65.7 Å². The van der Waals surface area contributed by atoms with Crippen LogP contribution in [0.4, 0.5) is 0 Å². The van der Waals surface area contributed by atoms with Crippen LogP contribution in [-0.2, 0) is 39.4 Å². The summed E-state index contributed by atoms with van der Waals surface area (Å²) in [4.78, 5) is 46.9. The van der Waals surface area contributed by atoms with Gasteiger partial charge in [-0.2, -0.15) is 0 Å². The van der Waals surface area contributed by atoms with Crippen LogP contribution < -0.4 is 10.6 Å². The molecule has 2 rings (SSSR count). The lowest BCUT2D eigenvalue weighted by Crippen LogP contribution is -2.46. The Morgan fingerprint density at radius 3 is 2.20 bits per heavy atom. The maximum absolute atomic E-state index is 13.1. The van der Waals surface area contributed by atoms with Gasteiger partial charge in [-0.1, -0.05) is 75.4 Å². The highest BCUT2D eigenvalue weighted by Gasteiger charge is 2.31. The molecule has 0 radical (unpaired) electrons. The molecule has 0 aliphatic rings. The van der Waals surface area contributed by atoms with Crippen molar-refractivity contribution < 1.29 is 37.8 Å². The third-order valence-corrected chi connectivity index (χ3v) is 6.99. The number of ether oxygens (including phenoxy) is 2. The lowest BCUT2D eigenvalue weighted by Gasteiger charge is -2.25. The predicted octanol–water partition coefficient (Wildman–Crippen LogP) is 4.41. The van der Waals surface area contributed by atoms with Crippen LogP contribution in [-0.4, -0.2) is 54.5 Å². The van der Waals surface area contributed by atoms with Gasteiger partial charge >= 0.3 is 19.5 Å². The van der Waals surface area contributed by atoms with Crippen molar-refractivity contribution in [3.8, 4) is 11.1 Å². The van der Waals surface area contributed by atoms with Crippen molar-refractivity contribution in [2.24, 2.45) is 5.92 Å². The summed E-state index contributed by atoms with van der Waals surface area (Å²) in [6.07, 6.45) is -0.850. The number of hydrogen-bond donors (Lipinski definition) is 3. The van der Waals surface area contributed by atoms with Gasteiger partial charge in [-0.25, -0.2) is 0 Å². The second-order valence-electron chi connectivity index (χ2n) is 9.58. The molecular formula is C29H41N2O8P. The van der Waals surface area contributed by atoms with Gasteiger partial charge in [-0.05, 0) is 36.5 Å². The monoisotopic (exact) mass is 576 g/mol. The molecule has 0 bridgehead atoms. The molecule has 0 aliphatic carbocycles. The molecular weight excluding hydrogens is 535 g/mol. The Balaban J connectivity index is 2.09. The topological polar surface area (TPSA) is 140 Å². The predicted molar refractivity (Wildman–Crippen MR) is 152 cm³/mol. The van der Waals surface area contributed by atoms with E-state index in [0.29, 0.717) is 13.0 Å². The summed E-state index contributed by atoms with van der Waals surface area (Å²) in [5.41, 5.74) is 2.92. The van der Waals surface area contributed by atoms with Gasteiger partial charge in [0.2, 0.25) is 12.2 Å². The number of amides is 1. The molecule has 40 heavy (non-hydrogen) atoms. The van der Waals surface area contributed by atoms with Crippen molar-refractivity contribution in [1.82, 2.24) is 10.6 Å². The van der Waals surface area contributed by atoms with Crippen LogP contribution in [0.1, 0.15) is 52.5 Å². The van der Waals surface area contributed by atoms with Crippen LogP contribution >= 0.6 is 7.60 Å². The van der Waals surface area contributed by atoms with E-state index >= 15 is 0 Å². The van der Waals surface area contributed by atoms with Gasteiger partial charge in [0, 0.05) is 25.3 Å². The maximum Gasteiger partial charge on any atom is 0.344 e. The molecule has 10 nitrogen and oxygen atoms in total. The molecule has 3 N–H and O–H groups in total. The third-order valence-electron chi connectivity index (χ3n) is 5.87. The van der Waals surface area contributed by atoms with Crippen molar-refractivity contribution in [2.75, 3.05) is 19.4 Å². The molecule has 0 spiro atoms. The Hall–Kier alpha value is -3.04. The van der Waals surface area contributed by atoms with Gasteiger partial charge in [-0.3, -0.25) is 28.8 Å². The van der Waals surface area contributed by atoms with Crippen molar-refractivity contribution >= 4 is 25.4 Å². The van der Waals surface area contributed by atoms with E-state index in [4.69, 9.17) is 14.0 Å². The normalized spacial score (nSPS) is 14.2. The molecule has 11 heteroatoms. The first-order valence-electron chi connectivity index (χ1n) is 13.5. The summed E-state index contributed by atoms with van der Waals surface area (Å²) >= 11 is 0. The Labute approximate surface area is 236 Å². The fourth-order valence-corrected chi connectivity index (χ4v) is 4.81. The quantitative estimate of drug-likeness (QED) is 0.108. The van der Waals surface area contributed by atoms with E-state index in [-0.39, 0.29) is 37.7 Å². The van der Waals surface area contributed by atoms with Crippen molar-refractivity contribution in [1.29, 1.82) is 0 Å². The summed E-state index contributed by atoms with van der Waals surface area (Å²) in [5, 5.41) is 5.63. The van der Waals surface area contributed by atoms with E-state index in [0.717, 1.165) is 16.7 Å². The minimum atomic E-state index is -4.30. The van der Waals surface area contributed by atoms with Crippen molar-refractivity contribution in [3.05, 3.63) is 60.2 Å². The summed E-state index contributed by atoms with van der Waals surface area (Å²) in [7, 11) is -4.30. The smallest absolute Gasteiger partial charge is 0.344 e. The van der Waals surface area contributed by atoms with Crippen LogP contribution in [0.25, 0.3) is 11.1 Å². The zero-order valence-electron chi connectivity index (χ0n) is 23.6. The van der Waals surface area contributed by atoms with Crippen LogP contribution in [0.15, 0.2) is 54.6 Å². The molecule has 220 valence electrons. The fourth-order valence-electron chi connectivity index (χ4n) is 3.68. The van der Waals surface area contributed by atoms with Gasteiger partial charge < -0.3 is 19.7 Å². The number of benzene rings is 2. The van der Waals surface area contributed by atoms with Gasteiger partial charge in [0.05, 0.1) is 18.9 Å². The number of nitrogens with one attached hydrogen (secondary N) is 2. The Bertz CT molecular complexity index is 1120. The highest BCUT2D eigenvalue weighted by molar-refractivity contribution is 7.52. The van der Waals surface area contributed by atoms with Crippen LogP contribution in [0.3, 0.4) is 0 Å². The molecule has 0 saturated carbocycles. The average Bonchev–Trinajstić information content (AvgIpc) is 2.93.